The second-order valence-electron chi connectivity index (χ2n) is 4.77. The molecule has 0 aromatic heterocycles. The maximum atomic E-state index is 9.43. The summed E-state index contributed by atoms with van der Waals surface area (Å²) >= 11 is 0. The number of phenolic OH excluding ortho intramolecular Hbond substituents is 2. The maximum Gasteiger partial charge on any atom is 0.157 e. The van der Waals surface area contributed by atoms with E-state index in [1.54, 1.807) is 6.07 Å². The van der Waals surface area contributed by atoms with Gasteiger partial charge in [-0.1, -0.05) is 36.4 Å². The Morgan fingerprint density at radius 2 is 1.65 bits per heavy atom. The van der Waals surface area contributed by atoms with Gasteiger partial charge in [-0.2, -0.15) is 0 Å². The maximum absolute atomic E-state index is 9.43. The average molecular weight is 273 g/mol. The first-order chi connectivity index (χ1) is 9.69. The largest absolute Gasteiger partial charge is 0.504 e. The van der Waals surface area contributed by atoms with Crippen LogP contribution in [-0.4, -0.2) is 28.0 Å². The van der Waals surface area contributed by atoms with E-state index in [0.29, 0.717) is 6.54 Å². The number of aliphatic hydroxyl groups excluding tert-OH is 1. The number of nitrogens with one attached hydrogen (secondary N) is 1. The van der Waals surface area contributed by atoms with Crippen LogP contribution in [0.2, 0.25) is 0 Å². The van der Waals surface area contributed by atoms with Crippen LogP contribution in [0.1, 0.15) is 11.1 Å². The zero-order chi connectivity index (χ0) is 14.4. The van der Waals surface area contributed by atoms with Crippen molar-refractivity contribution < 1.29 is 15.3 Å². The number of hydrogen-bond acceptors (Lipinski definition) is 4. The molecule has 0 bridgehead atoms. The Labute approximate surface area is 118 Å². The average Bonchev–Trinajstić information content (AvgIpc) is 2.48. The topological polar surface area (TPSA) is 72.7 Å². The molecule has 0 fully saturated rings. The number of hydrogen-bond donors (Lipinski definition) is 4. The predicted molar refractivity (Wildman–Crippen MR) is 77.6 cm³/mol. The number of benzene rings is 2. The summed E-state index contributed by atoms with van der Waals surface area (Å²) in [5.41, 5.74) is 2.01. The molecule has 0 amide bonds. The summed E-state index contributed by atoms with van der Waals surface area (Å²) in [7, 11) is 0. The molecule has 0 saturated carbocycles. The van der Waals surface area contributed by atoms with Gasteiger partial charge in [0.1, 0.15) is 0 Å². The van der Waals surface area contributed by atoms with Crippen molar-refractivity contribution in [3.8, 4) is 11.5 Å². The summed E-state index contributed by atoms with van der Waals surface area (Å²) in [6.07, 6.45) is 0.738. The first-order valence-corrected chi connectivity index (χ1v) is 6.58. The molecule has 4 nitrogen and oxygen atoms in total. The van der Waals surface area contributed by atoms with Gasteiger partial charge < -0.3 is 20.6 Å². The quantitative estimate of drug-likeness (QED) is 0.606. The minimum Gasteiger partial charge on any atom is -0.504 e. The van der Waals surface area contributed by atoms with E-state index in [1.807, 2.05) is 30.3 Å². The zero-order valence-electron chi connectivity index (χ0n) is 11.2. The molecule has 0 spiro atoms. The van der Waals surface area contributed by atoms with Crippen LogP contribution in [0, 0.1) is 0 Å². The molecule has 106 valence electrons. The van der Waals surface area contributed by atoms with E-state index in [0.717, 1.165) is 17.5 Å². The Morgan fingerprint density at radius 1 is 0.900 bits per heavy atom. The highest BCUT2D eigenvalue weighted by Gasteiger charge is 2.08. The highest BCUT2D eigenvalue weighted by atomic mass is 16.3. The van der Waals surface area contributed by atoms with Gasteiger partial charge in [-0.15, -0.1) is 0 Å². The molecule has 20 heavy (non-hydrogen) atoms. The normalized spacial score (nSPS) is 12.2. The summed E-state index contributed by atoms with van der Waals surface area (Å²) in [5, 5.41) is 31.3. The lowest BCUT2D eigenvalue weighted by Gasteiger charge is -2.16. The fourth-order valence-corrected chi connectivity index (χ4v) is 2.04. The van der Waals surface area contributed by atoms with Gasteiger partial charge in [0, 0.05) is 12.6 Å². The number of aromatic hydroxyl groups is 2. The highest BCUT2D eigenvalue weighted by molar-refractivity contribution is 5.40. The summed E-state index contributed by atoms with van der Waals surface area (Å²) in [6.45, 7) is 0.560. The molecular formula is C16H19NO3. The van der Waals surface area contributed by atoms with Crippen LogP contribution >= 0.6 is 0 Å². The molecule has 0 heterocycles. The molecule has 4 heteroatoms. The molecule has 1 atom stereocenters. The van der Waals surface area contributed by atoms with E-state index in [4.69, 9.17) is 0 Å². The second kappa shape index (κ2) is 6.93. The Bertz CT molecular complexity index is 543. The van der Waals surface area contributed by atoms with E-state index in [-0.39, 0.29) is 24.1 Å². The van der Waals surface area contributed by atoms with Crippen molar-refractivity contribution in [2.24, 2.45) is 0 Å². The Balaban J connectivity index is 1.92. The number of rotatable bonds is 6. The van der Waals surface area contributed by atoms with E-state index in [2.05, 4.69) is 5.32 Å². The minimum atomic E-state index is -0.132. The van der Waals surface area contributed by atoms with E-state index in [9.17, 15) is 15.3 Å². The van der Waals surface area contributed by atoms with Crippen LogP contribution in [0.25, 0.3) is 0 Å². The summed E-state index contributed by atoms with van der Waals surface area (Å²) in [4.78, 5) is 0. The summed E-state index contributed by atoms with van der Waals surface area (Å²) in [6, 6.07) is 14.6. The smallest absolute Gasteiger partial charge is 0.157 e. The molecule has 2 aromatic carbocycles. The van der Waals surface area contributed by atoms with Crippen molar-refractivity contribution in [3.05, 3.63) is 59.7 Å². The molecule has 0 unspecified atom stereocenters. The SMILES string of the molecule is OC[C@H](Cc1ccccc1)NCc1ccc(O)c(O)c1. The van der Waals surface area contributed by atoms with Crippen molar-refractivity contribution >= 4 is 0 Å². The van der Waals surface area contributed by atoms with Gasteiger partial charge in [0.05, 0.1) is 6.61 Å². The molecule has 2 aromatic rings. The predicted octanol–water partition coefficient (Wildman–Crippen LogP) is 1.79. The molecular weight excluding hydrogens is 254 g/mol. The van der Waals surface area contributed by atoms with Crippen LogP contribution in [0.15, 0.2) is 48.5 Å². The Hall–Kier alpha value is -2.04. The number of aliphatic hydroxyl groups is 1. The fraction of sp³-hybridized carbons (Fsp3) is 0.250. The summed E-state index contributed by atoms with van der Waals surface area (Å²) < 4.78 is 0. The van der Waals surface area contributed by atoms with Gasteiger partial charge in [0.2, 0.25) is 0 Å². The van der Waals surface area contributed by atoms with Gasteiger partial charge >= 0.3 is 0 Å². The van der Waals surface area contributed by atoms with Crippen molar-refractivity contribution in [3.63, 3.8) is 0 Å². The first kappa shape index (κ1) is 14.4. The summed E-state index contributed by atoms with van der Waals surface area (Å²) in [5.74, 6) is -0.260. The third-order valence-electron chi connectivity index (χ3n) is 3.18. The van der Waals surface area contributed by atoms with Gasteiger partial charge in [-0.25, -0.2) is 0 Å². The third-order valence-corrected chi connectivity index (χ3v) is 3.18. The lowest BCUT2D eigenvalue weighted by molar-refractivity contribution is 0.240. The van der Waals surface area contributed by atoms with Crippen molar-refractivity contribution in [2.45, 2.75) is 19.0 Å². The molecule has 4 N–H and O–H groups in total. The van der Waals surface area contributed by atoms with E-state index >= 15 is 0 Å². The van der Waals surface area contributed by atoms with Crippen LogP contribution in [0.3, 0.4) is 0 Å². The molecule has 0 aliphatic rings. The van der Waals surface area contributed by atoms with Gasteiger partial charge in [-0.05, 0) is 29.7 Å². The molecule has 0 aliphatic heterocycles. The fourth-order valence-electron chi connectivity index (χ4n) is 2.04. The van der Waals surface area contributed by atoms with E-state index in [1.165, 1.54) is 12.1 Å². The van der Waals surface area contributed by atoms with Crippen LogP contribution in [0.4, 0.5) is 0 Å². The van der Waals surface area contributed by atoms with E-state index < -0.39 is 0 Å². The minimum absolute atomic E-state index is 0.0406. The van der Waals surface area contributed by atoms with Crippen LogP contribution in [0.5, 0.6) is 11.5 Å². The monoisotopic (exact) mass is 273 g/mol. The van der Waals surface area contributed by atoms with Crippen LogP contribution in [-0.2, 0) is 13.0 Å². The Morgan fingerprint density at radius 3 is 2.30 bits per heavy atom. The lowest BCUT2D eigenvalue weighted by atomic mass is 10.1. The highest BCUT2D eigenvalue weighted by Crippen LogP contribution is 2.24. The van der Waals surface area contributed by atoms with Crippen molar-refractivity contribution in [1.29, 1.82) is 0 Å². The third kappa shape index (κ3) is 3.98. The van der Waals surface area contributed by atoms with Gasteiger partial charge in [-0.3, -0.25) is 0 Å². The second-order valence-corrected chi connectivity index (χ2v) is 4.77. The number of phenols is 2. The molecule has 0 saturated heterocycles. The van der Waals surface area contributed by atoms with Crippen LogP contribution < -0.4 is 5.32 Å². The Kier molecular flexibility index (Phi) is 4.98. The molecule has 0 aliphatic carbocycles. The molecule has 2 rings (SSSR count). The van der Waals surface area contributed by atoms with Gasteiger partial charge in [0.25, 0.3) is 0 Å². The zero-order valence-corrected chi connectivity index (χ0v) is 11.2. The lowest BCUT2D eigenvalue weighted by Crippen LogP contribution is -2.34. The van der Waals surface area contributed by atoms with Crippen molar-refractivity contribution in [1.82, 2.24) is 5.32 Å². The van der Waals surface area contributed by atoms with Gasteiger partial charge in [0.15, 0.2) is 11.5 Å². The molecule has 0 radical (unpaired) electrons. The first-order valence-electron chi connectivity index (χ1n) is 6.58. The van der Waals surface area contributed by atoms with Crippen molar-refractivity contribution in [2.75, 3.05) is 6.61 Å². The standard InChI is InChI=1S/C16H19NO3/c18-11-14(8-12-4-2-1-3-5-12)17-10-13-6-7-15(19)16(20)9-13/h1-7,9,14,17-20H,8,10-11H2/t14-/m0/s1.